The standard InChI is InChI=1S/C24H20FN3O3/c1-15-3-8-19(11-16(15)2)29-14-20-9-10-22(30-20)24-28-21(12-26)23(31-24)27-13-17-4-6-18(25)7-5-17/h3-11,27H,13-14H2,1-2H3. The van der Waals surface area contributed by atoms with E-state index < -0.39 is 0 Å². The van der Waals surface area contributed by atoms with Crippen LogP contribution in [0.15, 0.2) is 63.4 Å². The lowest BCUT2D eigenvalue weighted by Crippen LogP contribution is -1.99. The molecule has 0 atom stereocenters. The molecule has 0 aliphatic heterocycles. The van der Waals surface area contributed by atoms with Gasteiger partial charge in [-0.05, 0) is 66.9 Å². The third-order valence-electron chi connectivity index (χ3n) is 4.83. The Labute approximate surface area is 178 Å². The third-order valence-corrected chi connectivity index (χ3v) is 4.83. The SMILES string of the molecule is Cc1ccc(OCc2ccc(-c3nc(C#N)c(NCc4ccc(F)cc4)o3)o2)cc1C. The smallest absolute Gasteiger partial charge is 0.266 e. The highest BCUT2D eigenvalue weighted by atomic mass is 19.1. The minimum Gasteiger partial charge on any atom is -0.486 e. The van der Waals surface area contributed by atoms with Crippen LogP contribution < -0.4 is 10.1 Å². The Balaban J connectivity index is 1.43. The second-order valence-corrected chi connectivity index (χ2v) is 7.09. The molecular formula is C24H20FN3O3. The number of aromatic nitrogens is 1. The molecule has 6 nitrogen and oxygen atoms in total. The number of rotatable bonds is 7. The molecule has 0 saturated heterocycles. The average molecular weight is 417 g/mol. The van der Waals surface area contributed by atoms with Gasteiger partial charge in [0.1, 0.15) is 30.0 Å². The van der Waals surface area contributed by atoms with E-state index in [2.05, 4.69) is 10.3 Å². The van der Waals surface area contributed by atoms with E-state index in [-0.39, 0.29) is 29.9 Å². The highest BCUT2D eigenvalue weighted by molar-refractivity contribution is 5.54. The summed E-state index contributed by atoms with van der Waals surface area (Å²) in [4.78, 5) is 4.19. The van der Waals surface area contributed by atoms with Crippen LogP contribution in [-0.2, 0) is 13.2 Å². The fraction of sp³-hybridized carbons (Fsp3) is 0.167. The molecule has 31 heavy (non-hydrogen) atoms. The predicted octanol–water partition coefficient (Wildman–Crippen LogP) is 5.75. The van der Waals surface area contributed by atoms with Crippen LogP contribution in [-0.4, -0.2) is 4.98 Å². The quantitative estimate of drug-likeness (QED) is 0.412. The fourth-order valence-corrected chi connectivity index (χ4v) is 2.93. The molecule has 0 aliphatic carbocycles. The van der Waals surface area contributed by atoms with Crippen molar-refractivity contribution in [1.29, 1.82) is 5.26 Å². The summed E-state index contributed by atoms with van der Waals surface area (Å²) in [6, 6.07) is 17.4. The van der Waals surface area contributed by atoms with Gasteiger partial charge in [0.05, 0.1) is 0 Å². The Hall–Kier alpha value is -4.05. The number of ether oxygens (including phenoxy) is 1. The van der Waals surface area contributed by atoms with Crippen LogP contribution in [0.1, 0.15) is 28.1 Å². The molecule has 2 aromatic heterocycles. The van der Waals surface area contributed by atoms with Gasteiger partial charge in [-0.25, -0.2) is 4.39 Å². The van der Waals surface area contributed by atoms with Crippen molar-refractivity contribution in [3.05, 3.63) is 88.6 Å². The summed E-state index contributed by atoms with van der Waals surface area (Å²) < 4.78 is 30.3. The molecule has 4 aromatic rings. The van der Waals surface area contributed by atoms with Crippen LogP contribution in [0.2, 0.25) is 0 Å². The van der Waals surface area contributed by atoms with E-state index in [1.165, 1.54) is 17.7 Å². The van der Waals surface area contributed by atoms with Crippen LogP contribution in [0.4, 0.5) is 10.3 Å². The summed E-state index contributed by atoms with van der Waals surface area (Å²) in [5.74, 6) is 1.87. The number of nitrogens with one attached hydrogen (secondary N) is 1. The number of hydrogen-bond acceptors (Lipinski definition) is 6. The summed E-state index contributed by atoms with van der Waals surface area (Å²) in [7, 11) is 0. The molecule has 7 heteroatoms. The monoisotopic (exact) mass is 417 g/mol. The van der Waals surface area contributed by atoms with Crippen LogP contribution in [0.3, 0.4) is 0 Å². The van der Waals surface area contributed by atoms with Gasteiger partial charge in [0.25, 0.3) is 5.89 Å². The summed E-state index contributed by atoms with van der Waals surface area (Å²) >= 11 is 0. The molecule has 2 aromatic carbocycles. The second kappa shape index (κ2) is 8.76. The van der Waals surface area contributed by atoms with Crippen LogP contribution in [0.5, 0.6) is 5.75 Å². The summed E-state index contributed by atoms with van der Waals surface area (Å²) in [6.07, 6.45) is 0. The Morgan fingerprint density at radius 2 is 1.84 bits per heavy atom. The maximum absolute atomic E-state index is 13.0. The summed E-state index contributed by atoms with van der Waals surface area (Å²) in [6.45, 7) is 4.69. The molecule has 2 heterocycles. The Bertz CT molecular complexity index is 1240. The van der Waals surface area contributed by atoms with Crippen molar-refractivity contribution in [3.63, 3.8) is 0 Å². The van der Waals surface area contributed by atoms with Crippen molar-refractivity contribution >= 4 is 5.88 Å². The first kappa shape index (κ1) is 20.2. The Kier molecular flexibility index (Phi) is 5.72. The third kappa shape index (κ3) is 4.75. The van der Waals surface area contributed by atoms with Gasteiger partial charge in [-0.15, -0.1) is 0 Å². The first-order valence-electron chi connectivity index (χ1n) is 9.70. The number of benzene rings is 2. The lowest BCUT2D eigenvalue weighted by molar-refractivity contribution is 0.271. The molecule has 0 saturated carbocycles. The lowest BCUT2D eigenvalue weighted by atomic mass is 10.1. The van der Waals surface area contributed by atoms with Crippen molar-refractivity contribution in [2.24, 2.45) is 0 Å². The number of oxazole rings is 1. The number of hydrogen-bond donors (Lipinski definition) is 1. The van der Waals surface area contributed by atoms with Crippen molar-refractivity contribution < 1.29 is 18.0 Å². The minimum absolute atomic E-state index is 0.112. The van der Waals surface area contributed by atoms with Gasteiger partial charge in [-0.2, -0.15) is 10.2 Å². The first-order valence-corrected chi connectivity index (χ1v) is 9.70. The van der Waals surface area contributed by atoms with Crippen LogP contribution >= 0.6 is 0 Å². The molecule has 4 rings (SSSR count). The molecule has 0 bridgehead atoms. The van der Waals surface area contributed by atoms with Crippen molar-refractivity contribution in [3.8, 4) is 23.5 Å². The molecular weight excluding hydrogens is 397 g/mol. The molecule has 0 aliphatic rings. The second-order valence-electron chi connectivity index (χ2n) is 7.09. The van der Waals surface area contributed by atoms with E-state index in [9.17, 15) is 9.65 Å². The van der Waals surface area contributed by atoms with Crippen LogP contribution in [0, 0.1) is 31.0 Å². The topological polar surface area (TPSA) is 84.2 Å². The molecule has 156 valence electrons. The van der Waals surface area contributed by atoms with Crippen LogP contribution in [0.25, 0.3) is 11.7 Å². The van der Waals surface area contributed by atoms with E-state index in [0.717, 1.165) is 16.9 Å². The van der Waals surface area contributed by atoms with Gasteiger partial charge in [-0.1, -0.05) is 18.2 Å². The number of anilines is 1. The van der Waals surface area contributed by atoms with Gasteiger partial charge < -0.3 is 18.9 Å². The number of halogens is 1. The van der Waals surface area contributed by atoms with E-state index in [4.69, 9.17) is 13.6 Å². The Morgan fingerprint density at radius 3 is 2.58 bits per heavy atom. The number of aryl methyl sites for hydroxylation is 2. The molecule has 0 amide bonds. The van der Waals surface area contributed by atoms with Crippen molar-refractivity contribution in [2.75, 3.05) is 5.32 Å². The van der Waals surface area contributed by atoms with E-state index in [1.54, 1.807) is 24.3 Å². The highest BCUT2D eigenvalue weighted by Gasteiger charge is 2.17. The first-order chi connectivity index (χ1) is 15.0. The zero-order chi connectivity index (χ0) is 21.8. The summed E-state index contributed by atoms with van der Waals surface area (Å²) in [5, 5.41) is 12.4. The molecule has 0 radical (unpaired) electrons. The highest BCUT2D eigenvalue weighted by Crippen LogP contribution is 2.28. The van der Waals surface area contributed by atoms with Gasteiger partial charge in [-0.3, -0.25) is 0 Å². The zero-order valence-corrected chi connectivity index (χ0v) is 17.1. The normalized spacial score (nSPS) is 10.6. The lowest BCUT2D eigenvalue weighted by Gasteiger charge is -2.06. The van der Waals surface area contributed by atoms with Crippen molar-refractivity contribution in [1.82, 2.24) is 4.98 Å². The molecule has 0 spiro atoms. The van der Waals surface area contributed by atoms with E-state index >= 15 is 0 Å². The average Bonchev–Trinajstić information content (AvgIpc) is 3.41. The maximum atomic E-state index is 13.0. The zero-order valence-electron chi connectivity index (χ0n) is 17.1. The Morgan fingerprint density at radius 1 is 1.03 bits per heavy atom. The number of nitrogens with zero attached hydrogens (tertiary/aromatic N) is 2. The molecule has 0 unspecified atom stereocenters. The van der Waals surface area contributed by atoms with Gasteiger partial charge in [0.15, 0.2) is 5.76 Å². The van der Waals surface area contributed by atoms with Crippen molar-refractivity contribution in [2.45, 2.75) is 27.0 Å². The minimum atomic E-state index is -0.307. The molecule has 1 N–H and O–H groups in total. The fourth-order valence-electron chi connectivity index (χ4n) is 2.93. The largest absolute Gasteiger partial charge is 0.486 e. The molecule has 0 fully saturated rings. The van der Waals surface area contributed by atoms with E-state index in [1.807, 2.05) is 38.1 Å². The van der Waals surface area contributed by atoms with Gasteiger partial charge >= 0.3 is 0 Å². The number of nitriles is 1. The maximum Gasteiger partial charge on any atom is 0.266 e. The van der Waals surface area contributed by atoms with E-state index in [0.29, 0.717) is 18.1 Å². The van der Waals surface area contributed by atoms with Gasteiger partial charge in [0, 0.05) is 6.54 Å². The predicted molar refractivity (Wildman–Crippen MR) is 113 cm³/mol. The van der Waals surface area contributed by atoms with Gasteiger partial charge in [0.2, 0.25) is 11.6 Å². The summed E-state index contributed by atoms with van der Waals surface area (Å²) in [5.41, 5.74) is 3.31. The number of furan rings is 1.